The number of aromatic nitrogens is 2. The predicted octanol–water partition coefficient (Wildman–Crippen LogP) is 3.79. The van der Waals surface area contributed by atoms with Crippen molar-refractivity contribution in [2.45, 2.75) is 0 Å². The van der Waals surface area contributed by atoms with Gasteiger partial charge in [0.25, 0.3) is 5.91 Å². The maximum absolute atomic E-state index is 13.1. The van der Waals surface area contributed by atoms with Gasteiger partial charge >= 0.3 is 0 Å². The Hall–Kier alpha value is -3.51. The number of nitrogens with zero attached hydrogens (tertiary/aromatic N) is 4. The van der Waals surface area contributed by atoms with Gasteiger partial charge in [-0.2, -0.15) is 0 Å². The van der Waals surface area contributed by atoms with Crippen molar-refractivity contribution in [1.29, 1.82) is 0 Å². The third kappa shape index (κ3) is 3.46. The lowest BCUT2D eigenvalue weighted by Crippen LogP contribution is -2.44. The van der Waals surface area contributed by atoms with Crippen LogP contribution in [0.15, 0.2) is 67.0 Å². The molecule has 0 unspecified atom stereocenters. The lowest BCUT2D eigenvalue weighted by molar-refractivity contribution is 0.102. The van der Waals surface area contributed by atoms with Crippen LogP contribution in [-0.2, 0) is 0 Å². The van der Waals surface area contributed by atoms with E-state index in [2.05, 4.69) is 38.2 Å². The van der Waals surface area contributed by atoms with Gasteiger partial charge in [-0.25, -0.2) is 4.98 Å². The maximum Gasteiger partial charge on any atom is 0.259 e. The van der Waals surface area contributed by atoms with Gasteiger partial charge in [0.05, 0.1) is 23.0 Å². The number of benzene rings is 2. The Morgan fingerprint density at radius 1 is 0.933 bits per heavy atom. The number of rotatable bonds is 3. The number of fused-ring (bicyclic) bond motifs is 3. The van der Waals surface area contributed by atoms with E-state index in [9.17, 15) is 4.79 Å². The molecule has 0 radical (unpaired) electrons. The van der Waals surface area contributed by atoms with Crippen molar-refractivity contribution >= 4 is 39.1 Å². The first-order valence-electron chi connectivity index (χ1n) is 10.2. The smallest absolute Gasteiger partial charge is 0.259 e. The molecule has 150 valence electrons. The number of pyridine rings is 2. The van der Waals surface area contributed by atoms with Gasteiger partial charge in [-0.15, -0.1) is 0 Å². The molecule has 1 N–H and O–H groups in total. The minimum absolute atomic E-state index is 0.204. The Morgan fingerprint density at radius 2 is 1.73 bits per heavy atom. The van der Waals surface area contributed by atoms with Crippen LogP contribution in [0, 0.1) is 0 Å². The molecule has 0 saturated carbocycles. The van der Waals surface area contributed by atoms with Crippen LogP contribution in [0.5, 0.6) is 0 Å². The zero-order valence-electron chi connectivity index (χ0n) is 16.9. The molecule has 4 aromatic rings. The molecule has 1 saturated heterocycles. The van der Waals surface area contributed by atoms with Crippen LogP contribution in [-0.4, -0.2) is 54.0 Å². The summed E-state index contributed by atoms with van der Waals surface area (Å²) in [6.45, 7) is 4.05. The monoisotopic (exact) mass is 397 g/mol. The van der Waals surface area contributed by atoms with Crippen LogP contribution in [0.4, 0.5) is 11.5 Å². The SMILES string of the molecule is CN1CCN(c2ccc(NC(=O)c3cc4ccccc4c4cccnc34)nc2)CC1. The summed E-state index contributed by atoms with van der Waals surface area (Å²) in [5.74, 6) is 0.333. The number of carbonyl (C=O) groups is 1. The molecular formula is C24H23N5O. The second-order valence-electron chi connectivity index (χ2n) is 7.69. The van der Waals surface area contributed by atoms with Gasteiger partial charge in [0, 0.05) is 37.8 Å². The molecule has 1 aliphatic heterocycles. The fourth-order valence-corrected chi connectivity index (χ4v) is 4.00. The predicted molar refractivity (Wildman–Crippen MR) is 121 cm³/mol. The summed E-state index contributed by atoms with van der Waals surface area (Å²) in [7, 11) is 2.14. The van der Waals surface area contributed by atoms with Crippen LogP contribution in [0.25, 0.3) is 21.7 Å². The topological polar surface area (TPSA) is 61.4 Å². The molecule has 6 heteroatoms. The lowest BCUT2D eigenvalue weighted by atomic mass is 10.0. The third-order valence-corrected chi connectivity index (χ3v) is 5.72. The van der Waals surface area contributed by atoms with Gasteiger partial charge in [-0.1, -0.05) is 30.3 Å². The highest BCUT2D eigenvalue weighted by Gasteiger charge is 2.16. The van der Waals surface area contributed by atoms with Crippen LogP contribution in [0.2, 0.25) is 0 Å². The highest BCUT2D eigenvalue weighted by atomic mass is 16.1. The first-order chi connectivity index (χ1) is 14.7. The van der Waals surface area contributed by atoms with E-state index in [-0.39, 0.29) is 5.91 Å². The van der Waals surface area contributed by atoms with Crippen molar-refractivity contribution in [2.75, 3.05) is 43.4 Å². The van der Waals surface area contributed by atoms with Crippen molar-refractivity contribution in [3.05, 3.63) is 72.6 Å². The first-order valence-corrected chi connectivity index (χ1v) is 10.2. The summed E-state index contributed by atoms with van der Waals surface area (Å²) >= 11 is 0. The molecule has 1 aliphatic rings. The van der Waals surface area contributed by atoms with Crippen LogP contribution < -0.4 is 10.2 Å². The molecule has 0 atom stereocenters. The van der Waals surface area contributed by atoms with E-state index in [1.54, 1.807) is 6.20 Å². The lowest BCUT2D eigenvalue weighted by Gasteiger charge is -2.33. The van der Waals surface area contributed by atoms with E-state index in [1.165, 1.54) is 0 Å². The van der Waals surface area contributed by atoms with E-state index in [0.717, 1.165) is 48.0 Å². The Labute approximate surface area is 175 Å². The molecule has 1 fully saturated rings. The molecule has 30 heavy (non-hydrogen) atoms. The average molecular weight is 397 g/mol. The van der Waals surface area contributed by atoms with Gasteiger partial charge in [0.2, 0.25) is 0 Å². The van der Waals surface area contributed by atoms with E-state index in [4.69, 9.17) is 0 Å². The molecule has 5 rings (SSSR count). The molecule has 6 nitrogen and oxygen atoms in total. The second kappa shape index (κ2) is 7.72. The minimum Gasteiger partial charge on any atom is -0.368 e. The number of piperazine rings is 1. The number of likely N-dealkylation sites (N-methyl/N-ethyl adjacent to an activating group) is 1. The van der Waals surface area contributed by atoms with Gasteiger partial charge in [-0.05, 0) is 42.1 Å². The van der Waals surface area contributed by atoms with E-state index in [1.807, 2.05) is 54.7 Å². The van der Waals surface area contributed by atoms with Crippen molar-refractivity contribution in [1.82, 2.24) is 14.9 Å². The Balaban J connectivity index is 1.42. The zero-order valence-corrected chi connectivity index (χ0v) is 16.9. The van der Waals surface area contributed by atoms with Gasteiger partial charge in [-0.3, -0.25) is 9.78 Å². The zero-order chi connectivity index (χ0) is 20.5. The number of hydrogen-bond acceptors (Lipinski definition) is 5. The summed E-state index contributed by atoms with van der Waals surface area (Å²) in [4.78, 5) is 26.7. The van der Waals surface area contributed by atoms with Crippen LogP contribution >= 0.6 is 0 Å². The van der Waals surface area contributed by atoms with Crippen molar-refractivity contribution < 1.29 is 4.79 Å². The molecule has 0 bridgehead atoms. The summed E-state index contributed by atoms with van der Waals surface area (Å²) in [5, 5.41) is 6.01. The van der Waals surface area contributed by atoms with Gasteiger partial charge < -0.3 is 15.1 Å². The number of amides is 1. The number of carbonyl (C=O) groups excluding carboxylic acids is 1. The Morgan fingerprint density at radius 3 is 2.53 bits per heavy atom. The Bertz CT molecular complexity index is 1210. The third-order valence-electron chi connectivity index (χ3n) is 5.72. The summed E-state index contributed by atoms with van der Waals surface area (Å²) < 4.78 is 0. The molecule has 0 spiro atoms. The standard InChI is InChI=1S/C24H23N5O/c1-28-11-13-29(14-12-28)18-8-9-22(26-16-18)27-24(30)21-15-17-5-2-3-6-19(17)20-7-4-10-25-23(20)21/h2-10,15-16H,11-14H2,1H3,(H,26,27,30). The van der Waals surface area contributed by atoms with Crippen molar-refractivity contribution in [2.24, 2.45) is 0 Å². The second-order valence-corrected chi connectivity index (χ2v) is 7.69. The van der Waals surface area contributed by atoms with Crippen LogP contribution in [0.3, 0.4) is 0 Å². The molecule has 2 aromatic carbocycles. The molecular weight excluding hydrogens is 374 g/mol. The highest BCUT2D eigenvalue weighted by molar-refractivity contribution is 6.18. The largest absolute Gasteiger partial charge is 0.368 e. The van der Waals surface area contributed by atoms with E-state index < -0.39 is 0 Å². The van der Waals surface area contributed by atoms with E-state index in [0.29, 0.717) is 16.9 Å². The van der Waals surface area contributed by atoms with Gasteiger partial charge in [0.15, 0.2) is 0 Å². The molecule has 2 aromatic heterocycles. The maximum atomic E-state index is 13.1. The van der Waals surface area contributed by atoms with Crippen molar-refractivity contribution in [3.63, 3.8) is 0 Å². The minimum atomic E-state index is -0.204. The summed E-state index contributed by atoms with van der Waals surface area (Å²) in [6.07, 6.45) is 3.55. The molecule has 1 amide bonds. The Kier molecular flexibility index (Phi) is 4.77. The molecule has 3 heterocycles. The number of nitrogens with one attached hydrogen (secondary N) is 1. The van der Waals surface area contributed by atoms with Gasteiger partial charge in [0.1, 0.15) is 5.82 Å². The van der Waals surface area contributed by atoms with Crippen LogP contribution in [0.1, 0.15) is 10.4 Å². The average Bonchev–Trinajstić information content (AvgIpc) is 2.79. The van der Waals surface area contributed by atoms with Crippen molar-refractivity contribution in [3.8, 4) is 0 Å². The quantitative estimate of drug-likeness (QED) is 0.533. The number of hydrogen-bond donors (Lipinski definition) is 1. The molecule has 0 aliphatic carbocycles. The first kappa shape index (κ1) is 18.5. The number of anilines is 2. The fraction of sp³-hybridized carbons (Fsp3) is 0.208. The summed E-state index contributed by atoms with van der Waals surface area (Å²) in [5.41, 5.74) is 2.33. The highest BCUT2D eigenvalue weighted by Crippen LogP contribution is 2.28. The van der Waals surface area contributed by atoms with E-state index >= 15 is 0 Å². The summed E-state index contributed by atoms with van der Waals surface area (Å²) in [6, 6.07) is 17.7. The fourth-order valence-electron chi connectivity index (χ4n) is 4.00. The normalized spacial score (nSPS) is 14.9.